The average molecular weight is 333 g/mol. The molecule has 2 rings (SSSR count). The van der Waals surface area contributed by atoms with Gasteiger partial charge < -0.3 is 9.64 Å². The Balaban J connectivity index is 2.09. The summed E-state index contributed by atoms with van der Waals surface area (Å²) in [5.41, 5.74) is 0.846. The highest BCUT2D eigenvalue weighted by Crippen LogP contribution is 2.23. The number of likely N-dealkylation sites (tertiary alicyclic amines) is 1. The molecule has 0 saturated carbocycles. The van der Waals surface area contributed by atoms with E-state index in [0.29, 0.717) is 24.9 Å². The Morgan fingerprint density at radius 3 is 2.29 bits per heavy atom. The highest BCUT2D eigenvalue weighted by molar-refractivity contribution is 5.90. The quantitative estimate of drug-likeness (QED) is 0.792. The second-order valence-electron chi connectivity index (χ2n) is 7.30. The molecule has 0 N–H and O–H groups in total. The summed E-state index contributed by atoms with van der Waals surface area (Å²) in [4.78, 5) is 35.1. The molecule has 2 heterocycles. The molecule has 24 heavy (non-hydrogen) atoms. The molecule has 0 spiro atoms. The number of hydrogen-bond donors (Lipinski definition) is 0. The predicted molar refractivity (Wildman–Crippen MR) is 90.3 cm³/mol. The third kappa shape index (κ3) is 4.52. The molecule has 0 aliphatic carbocycles. The maximum atomic E-state index is 12.9. The Bertz CT molecular complexity index is 576. The maximum Gasteiger partial charge on any atom is 0.359 e. The first-order valence-electron chi connectivity index (χ1n) is 8.56. The largest absolute Gasteiger partial charge is 0.447 e. The van der Waals surface area contributed by atoms with Crippen LogP contribution in [0.3, 0.4) is 0 Å². The molecular weight excluding hydrogens is 306 g/mol. The first kappa shape index (κ1) is 18.4. The number of hydrogen-bond acceptors (Lipinski definition) is 5. The number of ether oxygens (including phenoxy) is 1. The van der Waals surface area contributed by atoms with Gasteiger partial charge in [0.05, 0.1) is 11.9 Å². The number of nitrogens with zero attached hydrogens (tertiary/aromatic N) is 3. The van der Waals surface area contributed by atoms with E-state index in [1.165, 1.54) is 12.4 Å². The Morgan fingerprint density at radius 2 is 1.79 bits per heavy atom. The Hall–Kier alpha value is -1.98. The lowest BCUT2D eigenvalue weighted by molar-refractivity contribution is -0.145. The van der Waals surface area contributed by atoms with Crippen molar-refractivity contribution in [2.75, 3.05) is 13.1 Å². The average Bonchev–Trinajstić information content (AvgIpc) is 2.51. The van der Waals surface area contributed by atoms with Gasteiger partial charge in [-0.2, -0.15) is 0 Å². The zero-order valence-electron chi connectivity index (χ0n) is 15.2. The molecule has 6 heteroatoms. The monoisotopic (exact) mass is 333 g/mol. The van der Waals surface area contributed by atoms with Crippen molar-refractivity contribution in [1.29, 1.82) is 0 Å². The number of carbonyl (C=O) groups excluding carboxylic acids is 2. The SMILES string of the molecule is Cc1cnc(C(=O)OC(C(=O)N2CC(C)CC(C)C2)C(C)C)cn1. The lowest BCUT2D eigenvalue weighted by atomic mass is 9.91. The van der Waals surface area contributed by atoms with Crippen LogP contribution in [0, 0.1) is 24.7 Å². The lowest BCUT2D eigenvalue weighted by Gasteiger charge is -2.37. The van der Waals surface area contributed by atoms with Crippen LogP contribution in [-0.4, -0.2) is 45.9 Å². The van der Waals surface area contributed by atoms with E-state index >= 15 is 0 Å². The van der Waals surface area contributed by atoms with Gasteiger partial charge in [0.25, 0.3) is 5.91 Å². The van der Waals surface area contributed by atoms with Gasteiger partial charge >= 0.3 is 5.97 Å². The fourth-order valence-corrected chi connectivity index (χ4v) is 3.17. The number of amides is 1. The van der Waals surface area contributed by atoms with Gasteiger partial charge in [-0.1, -0.05) is 27.7 Å². The van der Waals surface area contributed by atoms with Crippen LogP contribution in [0.1, 0.15) is 50.3 Å². The molecule has 0 aromatic carbocycles. The van der Waals surface area contributed by atoms with Crippen molar-refractivity contribution in [3.63, 3.8) is 0 Å². The summed E-state index contributed by atoms with van der Waals surface area (Å²) in [5.74, 6) is 0.102. The fourth-order valence-electron chi connectivity index (χ4n) is 3.17. The van der Waals surface area contributed by atoms with Crippen LogP contribution < -0.4 is 0 Å². The van der Waals surface area contributed by atoms with E-state index in [4.69, 9.17) is 4.74 Å². The van der Waals surface area contributed by atoms with Gasteiger partial charge in [0.1, 0.15) is 0 Å². The number of esters is 1. The molecular formula is C18H27N3O3. The Morgan fingerprint density at radius 1 is 1.17 bits per heavy atom. The lowest BCUT2D eigenvalue weighted by Crippen LogP contribution is -2.49. The molecule has 1 aliphatic rings. The van der Waals surface area contributed by atoms with Crippen molar-refractivity contribution in [3.05, 3.63) is 23.8 Å². The zero-order valence-corrected chi connectivity index (χ0v) is 15.2. The van der Waals surface area contributed by atoms with E-state index in [1.807, 2.05) is 18.7 Å². The standard InChI is InChI=1S/C18H27N3O3/c1-11(2)16(17(22)21-9-12(3)6-13(4)10-21)24-18(23)15-8-19-14(5)7-20-15/h7-8,11-13,16H,6,9-10H2,1-5H3. The zero-order chi connectivity index (χ0) is 17.9. The molecule has 1 aromatic heterocycles. The molecule has 1 aliphatic heterocycles. The number of piperidine rings is 1. The van der Waals surface area contributed by atoms with Gasteiger partial charge in [-0.3, -0.25) is 9.78 Å². The second-order valence-corrected chi connectivity index (χ2v) is 7.30. The molecule has 1 aromatic rings. The third-order valence-corrected chi connectivity index (χ3v) is 4.25. The smallest absolute Gasteiger partial charge is 0.359 e. The first-order chi connectivity index (χ1) is 11.3. The maximum absolute atomic E-state index is 12.9. The molecule has 0 bridgehead atoms. The summed E-state index contributed by atoms with van der Waals surface area (Å²) < 4.78 is 5.49. The molecule has 6 nitrogen and oxygen atoms in total. The van der Waals surface area contributed by atoms with E-state index in [2.05, 4.69) is 23.8 Å². The van der Waals surface area contributed by atoms with Crippen molar-refractivity contribution in [3.8, 4) is 0 Å². The number of carbonyl (C=O) groups is 2. The van der Waals surface area contributed by atoms with Gasteiger partial charge in [0.15, 0.2) is 11.8 Å². The van der Waals surface area contributed by atoms with Gasteiger partial charge in [0.2, 0.25) is 0 Å². The number of rotatable bonds is 4. The molecule has 132 valence electrons. The van der Waals surface area contributed by atoms with E-state index in [-0.39, 0.29) is 17.5 Å². The summed E-state index contributed by atoms with van der Waals surface area (Å²) in [6.07, 6.45) is 3.22. The van der Waals surface area contributed by atoms with Gasteiger partial charge in [-0.15, -0.1) is 0 Å². The molecule has 1 saturated heterocycles. The van der Waals surface area contributed by atoms with Crippen LogP contribution >= 0.6 is 0 Å². The third-order valence-electron chi connectivity index (χ3n) is 4.25. The van der Waals surface area contributed by atoms with E-state index in [9.17, 15) is 9.59 Å². The molecule has 3 unspecified atom stereocenters. The van der Waals surface area contributed by atoms with Crippen LogP contribution in [0.25, 0.3) is 0 Å². The summed E-state index contributed by atoms with van der Waals surface area (Å²) in [6.45, 7) is 11.3. The highest BCUT2D eigenvalue weighted by atomic mass is 16.5. The first-order valence-corrected chi connectivity index (χ1v) is 8.56. The van der Waals surface area contributed by atoms with Crippen LogP contribution in [-0.2, 0) is 9.53 Å². The molecule has 0 radical (unpaired) electrons. The van der Waals surface area contributed by atoms with E-state index < -0.39 is 12.1 Å². The van der Waals surface area contributed by atoms with Crippen molar-refractivity contribution < 1.29 is 14.3 Å². The minimum atomic E-state index is -0.793. The summed E-state index contributed by atoms with van der Waals surface area (Å²) in [7, 11) is 0. The van der Waals surface area contributed by atoms with Gasteiger partial charge in [-0.05, 0) is 31.1 Å². The summed E-state index contributed by atoms with van der Waals surface area (Å²) >= 11 is 0. The minimum absolute atomic E-state index is 0.104. The topological polar surface area (TPSA) is 72.4 Å². The van der Waals surface area contributed by atoms with Crippen molar-refractivity contribution in [1.82, 2.24) is 14.9 Å². The van der Waals surface area contributed by atoms with Crippen LogP contribution in [0.5, 0.6) is 0 Å². The Labute approximate surface area is 143 Å². The number of aromatic nitrogens is 2. The predicted octanol–water partition coefficient (Wildman–Crippen LogP) is 2.47. The van der Waals surface area contributed by atoms with Gasteiger partial charge in [-0.25, -0.2) is 9.78 Å². The fraction of sp³-hybridized carbons (Fsp3) is 0.667. The van der Waals surface area contributed by atoms with Crippen molar-refractivity contribution >= 4 is 11.9 Å². The van der Waals surface area contributed by atoms with Gasteiger partial charge in [0, 0.05) is 19.3 Å². The number of aryl methyl sites for hydroxylation is 1. The molecule has 1 amide bonds. The minimum Gasteiger partial charge on any atom is -0.447 e. The van der Waals surface area contributed by atoms with Crippen LogP contribution in [0.4, 0.5) is 0 Å². The molecule has 1 fully saturated rings. The van der Waals surface area contributed by atoms with Crippen LogP contribution in [0.2, 0.25) is 0 Å². The summed E-state index contributed by atoms with van der Waals surface area (Å²) in [5, 5.41) is 0. The normalized spacial score (nSPS) is 22.3. The van der Waals surface area contributed by atoms with Crippen LogP contribution in [0.15, 0.2) is 12.4 Å². The summed E-state index contributed by atoms with van der Waals surface area (Å²) in [6, 6.07) is 0. The molecule has 3 atom stereocenters. The second kappa shape index (κ2) is 7.73. The van der Waals surface area contributed by atoms with Crippen molar-refractivity contribution in [2.45, 2.75) is 47.1 Å². The van der Waals surface area contributed by atoms with E-state index in [1.54, 1.807) is 6.92 Å². The van der Waals surface area contributed by atoms with E-state index in [0.717, 1.165) is 12.1 Å². The Kier molecular flexibility index (Phi) is 5.91. The van der Waals surface area contributed by atoms with Crippen molar-refractivity contribution in [2.24, 2.45) is 17.8 Å². The highest BCUT2D eigenvalue weighted by Gasteiger charge is 2.34.